The molecule has 0 aliphatic carbocycles. The fourth-order valence-electron chi connectivity index (χ4n) is 1.80. The van der Waals surface area contributed by atoms with Crippen molar-refractivity contribution in [3.63, 3.8) is 0 Å². The molecule has 1 rings (SSSR count). The van der Waals surface area contributed by atoms with Gasteiger partial charge in [0.15, 0.2) is 0 Å². The van der Waals surface area contributed by atoms with Crippen molar-refractivity contribution in [2.45, 2.75) is 25.9 Å². The first-order chi connectivity index (χ1) is 8.43. The van der Waals surface area contributed by atoms with E-state index in [0.29, 0.717) is 12.3 Å². The molecular formula is C13H20F2N2O. The van der Waals surface area contributed by atoms with Gasteiger partial charge < -0.3 is 10.5 Å². The van der Waals surface area contributed by atoms with Gasteiger partial charge >= 0.3 is 0 Å². The Morgan fingerprint density at radius 3 is 2.56 bits per heavy atom. The third-order valence-corrected chi connectivity index (χ3v) is 2.72. The number of methoxy groups -OCH3 is 1. The van der Waals surface area contributed by atoms with Crippen molar-refractivity contribution in [2.24, 2.45) is 5.73 Å². The van der Waals surface area contributed by atoms with E-state index in [9.17, 15) is 8.78 Å². The number of alkyl halides is 2. The highest BCUT2D eigenvalue weighted by molar-refractivity contribution is 5.38. The zero-order valence-electron chi connectivity index (χ0n) is 11.0. The van der Waals surface area contributed by atoms with E-state index in [2.05, 4.69) is 0 Å². The predicted molar refractivity (Wildman–Crippen MR) is 67.9 cm³/mol. The summed E-state index contributed by atoms with van der Waals surface area (Å²) in [6.45, 7) is 2.04. The molecule has 1 atom stereocenters. The van der Waals surface area contributed by atoms with Gasteiger partial charge in [-0.3, -0.25) is 4.90 Å². The third-order valence-electron chi connectivity index (χ3n) is 2.72. The van der Waals surface area contributed by atoms with Gasteiger partial charge in [0.05, 0.1) is 13.7 Å². The fourth-order valence-corrected chi connectivity index (χ4v) is 1.80. The summed E-state index contributed by atoms with van der Waals surface area (Å²) in [6.07, 6.45) is -2.34. The monoisotopic (exact) mass is 258 g/mol. The highest BCUT2D eigenvalue weighted by Gasteiger charge is 2.12. The largest absolute Gasteiger partial charge is 0.496 e. The van der Waals surface area contributed by atoms with Gasteiger partial charge in [0.25, 0.3) is 6.43 Å². The molecule has 0 aliphatic rings. The number of nitrogens with zero attached hydrogens (tertiary/aromatic N) is 1. The third kappa shape index (κ3) is 4.23. The maximum Gasteiger partial charge on any atom is 0.251 e. The van der Waals surface area contributed by atoms with E-state index in [4.69, 9.17) is 10.5 Å². The molecule has 2 N–H and O–H groups in total. The molecular weight excluding hydrogens is 238 g/mol. The van der Waals surface area contributed by atoms with Crippen LogP contribution in [0.5, 0.6) is 5.75 Å². The minimum absolute atomic E-state index is 0.0879. The minimum atomic E-state index is -2.34. The Morgan fingerprint density at radius 1 is 1.39 bits per heavy atom. The van der Waals surface area contributed by atoms with Crippen LogP contribution in [0.15, 0.2) is 18.2 Å². The van der Waals surface area contributed by atoms with Gasteiger partial charge in [0.1, 0.15) is 5.75 Å². The molecule has 0 aliphatic heterocycles. The van der Waals surface area contributed by atoms with Crippen LogP contribution in [0, 0.1) is 0 Å². The van der Waals surface area contributed by atoms with Gasteiger partial charge in [-0.05, 0) is 31.7 Å². The van der Waals surface area contributed by atoms with E-state index in [1.165, 1.54) is 0 Å². The van der Waals surface area contributed by atoms with E-state index in [1.54, 1.807) is 19.1 Å². The lowest BCUT2D eigenvalue weighted by Gasteiger charge is -2.19. The topological polar surface area (TPSA) is 38.5 Å². The first kappa shape index (κ1) is 14.9. The molecule has 0 amide bonds. The molecule has 0 bridgehead atoms. The highest BCUT2D eigenvalue weighted by Crippen LogP contribution is 2.23. The lowest BCUT2D eigenvalue weighted by atomic mass is 10.0. The summed E-state index contributed by atoms with van der Waals surface area (Å²) in [7, 11) is 3.22. The quantitative estimate of drug-likeness (QED) is 0.851. The number of hydrogen-bond acceptors (Lipinski definition) is 3. The summed E-state index contributed by atoms with van der Waals surface area (Å²) in [5, 5.41) is 0. The lowest BCUT2D eigenvalue weighted by Crippen LogP contribution is -2.24. The van der Waals surface area contributed by atoms with E-state index >= 15 is 0 Å². The first-order valence-electron chi connectivity index (χ1n) is 5.83. The second-order valence-electron chi connectivity index (χ2n) is 4.45. The van der Waals surface area contributed by atoms with Gasteiger partial charge in [-0.2, -0.15) is 0 Å². The second-order valence-corrected chi connectivity index (χ2v) is 4.45. The predicted octanol–water partition coefficient (Wildman–Crippen LogP) is 2.41. The molecule has 18 heavy (non-hydrogen) atoms. The van der Waals surface area contributed by atoms with Crippen molar-refractivity contribution in [3.8, 4) is 5.75 Å². The number of nitrogens with two attached hydrogens (primary N) is 1. The van der Waals surface area contributed by atoms with Crippen molar-refractivity contribution in [3.05, 3.63) is 29.3 Å². The molecule has 0 heterocycles. The van der Waals surface area contributed by atoms with Crippen LogP contribution in [0.3, 0.4) is 0 Å². The average molecular weight is 258 g/mol. The zero-order chi connectivity index (χ0) is 13.7. The van der Waals surface area contributed by atoms with Gasteiger partial charge in [-0.25, -0.2) is 8.78 Å². The Kier molecular flexibility index (Phi) is 5.50. The molecule has 0 radical (unpaired) electrons. The number of ether oxygens (including phenoxy) is 1. The van der Waals surface area contributed by atoms with Gasteiger partial charge in [-0.1, -0.05) is 6.07 Å². The Bertz CT molecular complexity index is 383. The van der Waals surface area contributed by atoms with E-state index in [-0.39, 0.29) is 12.6 Å². The van der Waals surface area contributed by atoms with Crippen molar-refractivity contribution in [2.75, 3.05) is 20.7 Å². The summed E-state index contributed by atoms with van der Waals surface area (Å²) in [4.78, 5) is 1.56. The molecule has 0 aromatic heterocycles. The van der Waals surface area contributed by atoms with Crippen LogP contribution in [0.1, 0.15) is 24.1 Å². The van der Waals surface area contributed by atoms with Gasteiger partial charge in [-0.15, -0.1) is 0 Å². The molecule has 0 fully saturated rings. The molecule has 0 saturated heterocycles. The Balaban J connectivity index is 2.87. The Labute approximate surface area is 107 Å². The summed E-state index contributed by atoms with van der Waals surface area (Å²) in [5.41, 5.74) is 7.65. The fraction of sp³-hybridized carbons (Fsp3) is 0.538. The Morgan fingerprint density at radius 2 is 2.06 bits per heavy atom. The van der Waals surface area contributed by atoms with Crippen LogP contribution in [0.2, 0.25) is 0 Å². The highest BCUT2D eigenvalue weighted by atomic mass is 19.3. The minimum Gasteiger partial charge on any atom is -0.496 e. The van der Waals surface area contributed by atoms with Crippen molar-refractivity contribution < 1.29 is 13.5 Å². The molecule has 1 unspecified atom stereocenters. The summed E-state index contributed by atoms with van der Waals surface area (Å²) >= 11 is 0. The molecule has 1 aromatic rings. The van der Waals surface area contributed by atoms with Crippen molar-refractivity contribution in [1.82, 2.24) is 4.90 Å². The average Bonchev–Trinajstić information content (AvgIpc) is 2.27. The molecule has 5 heteroatoms. The number of hydrogen-bond donors (Lipinski definition) is 1. The lowest BCUT2D eigenvalue weighted by molar-refractivity contribution is 0.0972. The van der Waals surface area contributed by atoms with Gasteiger partial charge in [0.2, 0.25) is 0 Å². The molecule has 1 aromatic carbocycles. The van der Waals surface area contributed by atoms with Crippen LogP contribution in [0.4, 0.5) is 8.78 Å². The SMILES string of the molecule is COc1ccc(C(C)N)cc1CN(C)CC(F)F. The Hall–Kier alpha value is -1.20. The molecule has 102 valence electrons. The zero-order valence-corrected chi connectivity index (χ0v) is 11.0. The number of halogens is 2. The molecule has 3 nitrogen and oxygen atoms in total. The molecule has 0 spiro atoms. The molecule has 0 saturated carbocycles. The maximum atomic E-state index is 12.3. The smallest absolute Gasteiger partial charge is 0.251 e. The maximum absolute atomic E-state index is 12.3. The van der Waals surface area contributed by atoms with Crippen LogP contribution in [-0.4, -0.2) is 32.0 Å². The van der Waals surface area contributed by atoms with E-state index in [1.807, 2.05) is 25.1 Å². The first-order valence-corrected chi connectivity index (χ1v) is 5.83. The summed E-state index contributed by atoms with van der Waals surface area (Å²) in [6, 6.07) is 5.53. The van der Waals surface area contributed by atoms with Crippen LogP contribution in [0.25, 0.3) is 0 Å². The number of rotatable bonds is 6. The van der Waals surface area contributed by atoms with Gasteiger partial charge in [0, 0.05) is 18.2 Å². The normalized spacial score (nSPS) is 13.1. The number of benzene rings is 1. The van der Waals surface area contributed by atoms with Crippen LogP contribution in [-0.2, 0) is 6.54 Å². The van der Waals surface area contributed by atoms with E-state index < -0.39 is 6.43 Å². The van der Waals surface area contributed by atoms with Crippen molar-refractivity contribution >= 4 is 0 Å². The second kappa shape index (κ2) is 6.66. The van der Waals surface area contributed by atoms with Crippen LogP contribution >= 0.6 is 0 Å². The van der Waals surface area contributed by atoms with E-state index in [0.717, 1.165) is 11.1 Å². The summed E-state index contributed by atoms with van der Waals surface area (Å²) in [5.74, 6) is 0.695. The van der Waals surface area contributed by atoms with Crippen molar-refractivity contribution in [1.29, 1.82) is 0 Å². The standard InChI is InChI=1S/C13H20F2N2O/c1-9(16)10-4-5-12(18-3)11(6-10)7-17(2)8-13(14)15/h4-6,9,13H,7-8,16H2,1-3H3. The summed E-state index contributed by atoms with van der Waals surface area (Å²) < 4.78 is 29.8. The van der Waals surface area contributed by atoms with Crippen LogP contribution < -0.4 is 10.5 Å².